The third-order valence-corrected chi connectivity index (χ3v) is 5.49. The summed E-state index contributed by atoms with van der Waals surface area (Å²) in [7, 11) is 0. The number of aliphatic imine (C=N–C) groups is 1. The van der Waals surface area contributed by atoms with E-state index in [1.807, 2.05) is 13.8 Å². The summed E-state index contributed by atoms with van der Waals surface area (Å²) in [5.41, 5.74) is 1.16. The molecule has 31 heavy (non-hydrogen) atoms. The fraction of sp³-hybridized carbons (Fsp3) is 0.583. The fourth-order valence-corrected chi connectivity index (χ4v) is 3.58. The molecule has 0 aromatic heterocycles. The number of benzene rings is 1. The zero-order valence-corrected chi connectivity index (χ0v) is 19.0. The first-order valence-electron chi connectivity index (χ1n) is 11.4. The van der Waals surface area contributed by atoms with E-state index in [1.165, 1.54) is 22.4 Å². The number of aryl methyl sites for hydroxylation is 1. The molecule has 4 amide bonds. The standard InChI is InChI=1S/C24H35N3O4/c1-4-6-8-9-10-11-15-27-23(30)19(22(29)26(24(27)31)14-7-5-2)17-25-20-13-12-18(3)16-21(20)28/h12-13,16-17,19,28H,4-11,14-15H2,1-3H3. The predicted octanol–water partition coefficient (Wildman–Crippen LogP) is 4.97. The highest BCUT2D eigenvalue weighted by molar-refractivity contribution is 6.23. The minimum Gasteiger partial charge on any atom is -0.506 e. The number of urea groups is 1. The summed E-state index contributed by atoms with van der Waals surface area (Å²) in [6.07, 6.45) is 9.00. The topological polar surface area (TPSA) is 90.3 Å². The third-order valence-electron chi connectivity index (χ3n) is 5.49. The number of phenols is 1. The summed E-state index contributed by atoms with van der Waals surface area (Å²) < 4.78 is 0. The molecular formula is C24H35N3O4. The number of aromatic hydroxyl groups is 1. The van der Waals surface area contributed by atoms with Crippen LogP contribution in [0, 0.1) is 12.8 Å². The minimum atomic E-state index is -1.16. The number of hydrogen-bond acceptors (Lipinski definition) is 5. The SMILES string of the molecule is CCCCCCCCN1C(=O)C(C=Nc2ccc(C)cc2O)C(=O)N(CCCC)C1=O. The maximum atomic E-state index is 13.0. The quantitative estimate of drug-likeness (QED) is 0.288. The minimum absolute atomic E-state index is 0.0187. The van der Waals surface area contributed by atoms with E-state index in [0.29, 0.717) is 13.0 Å². The summed E-state index contributed by atoms with van der Waals surface area (Å²) in [5.74, 6) is -2.25. The molecule has 7 heteroatoms. The first kappa shape index (κ1) is 24.6. The van der Waals surface area contributed by atoms with Crippen molar-refractivity contribution < 1.29 is 19.5 Å². The van der Waals surface area contributed by atoms with Crippen LogP contribution in [-0.4, -0.2) is 52.1 Å². The van der Waals surface area contributed by atoms with Crippen LogP contribution in [-0.2, 0) is 9.59 Å². The lowest BCUT2D eigenvalue weighted by molar-refractivity contribution is -0.145. The molecular weight excluding hydrogens is 394 g/mol. The summed E-state index contributed by atoms with van der Waals surface area (Å²) in [5, 5.41) is 10.1. The van der Waals surface area contributed by atoms with Crippen molar-refractivity contribution in [1.29, 1.82) is 0 Å². The van der Waals surface area contributed by atoms with Gasteiger partial charge >= 0.3 is 6.03 Å². The molecule has 1 aromatic rings. The molecule has 1 N–H and O–H groups in total. The molecule has 1 fully saturated rings. The molecule has 1 heterocycles. The van der Waals surface area contributed by atoms with Crippen molar-refractivity contribution in [1.82, 2.24) is 9.80 Å². The molecule has 0 saturated carbocycles. The molecule has 1 saturated heterocycles. The predicted molar refractivity (Wildman–Crippen MR) is 122 cm³/mol. The van der Waals surface area contributed by atoms with Crippen molar-refractivity contribution in [2.75, 3.05) is 13.1 Å². The third kappa shape index (κ3) is 6.64. The first-order chi connectivity index (χ1) is 14.9. The van der Waals surface area contributed by atoms with E-state index in [4.69, 9.17) is 0 Å². The number of barbiturate groups is 1. The van der Waals surface area contributed by atoms with Gasteiger partial charge in [-0.15, -0.1) is 0 Å². The fourth-order valence-electron chi connectivity index (χ4n) is 3.58. The van der Waals surface area contributed by atoms with Crippen LogP contribution in [0.1, 0.15) is 70.8 Å². The van der Waals surface area contributed by atoms with Crippen molar-refractivity contribution >= 4 is 29.7 Å². The Labute approximate surface area is 185 Å². The summed E-state index contributed by atoms with van der Waals surface area (Å²) in [6.45, 7) is 6.58. The maximum absolute atomic E-state index is 13.0. The zero-order chi connectivity index (χ0) is 22.8. The van der Waals surface area contributed by atoms with E-state index < -0.39 is 23.8 Å². The highest BCUT2D eigenvalue weighted by Gasteiger charge is 2.44. The highest BCUT2D eigenvalue weighted by atomic mass is 16.3. The van der Waals surface area contributed by atoms with Gasteiger partial charge in [-0.25, -0.2) is 4.79 Å². The van der Waals surface area contributed by atoms with Crippen LogP contribution in [0.4, 0.5) is 10.5 Å². The van der Waals surface area contributed by atoms with E-state index >= 15 is 0 Å². The second-order valence-corrected chi connectivity index (χ2v) is 8.13. The van der Waals surface area contributed by atoms with Crippen LogP contribution in [0.25, 0.3) is 0 Å². The maximum Gasteiger partial charge on any atom is 0.333 e. The second kappa shape index (κ2) is 12.2. The molecule has 0 radical (unpaired) electrons. The normalized spacial score (nSPS) is 17.3. The Morgan fingerprint density at radius 3 is 2.10 bits per heavy atom. The van der Waals surface area contributed by atoms with Gasteiger partial charge in [-0.05, 0) is 37.5 Å². The van der Waals surface area contributed by atoms with E-state index in [9.17, 15) is 19.5 Å². The Bertz CT molecular complexity index is 806. The average Bonchev–Trinajstić information content (AvgIpc) is 2.73. The van der Waals surface area contributed by atoms with E-state index in [1.54, 1.807) is 18.2 Å². The van der Waals surface area contributed by atoms with Crippen LogP contribution in [0.15, 0.2) is 23.2 Å². The van der Waals surface area contributed by atoms with Gasteiger partial charge in [0.1, 0.15) is 11.4 Å². The van der Waals surface area contributed by atoms with Crippen molar-refractivity contribution in [3.05, 3.63) is 23.8 Å². The van der Waals surface area contributed by atoms with Crippen molar-refractivity contribution in [2.24, 2.45) is 10.9 Å². The van der Waals surface area contributed by atoms with Crippen LogP contribution in [0.5, 0.6) is 5.75 Å². The van der Waals surface area contributed by atoms with E-state index in [2.05, 4.69) is 11.9 Å². The van der Waals surface area contributed by atoms with Crippen molar-refractivity contribution in [2.45, 2.75) is 72.1 Å². The molecule has 2 rings (SSSR count). The lowest BCUT2D eigenvalue weighted by atomic mass is 10.0. The van der Waals surface area contributed by atoms with Gasteiger partial charge in [0.15, 0.2) is 5.92 Å². The molecule has 0 bridgehead atoms. The first-order valence-corrected chi connectivity index (χ1v) is 11.4. The Balaban J connectivity index is 2.16. The number of unbranched alkanes of at least 4 members (excludes halogenated alkanes) is 6. The monoisotopic (exact) mass is 429 g/mol. The molecule has 1 aliphatic rings. The Morgan fingerprint density at radius 1 is 0.903 bits per heavy atom. The van der Waals surface area contributed by atoms with Gasteiger partial charge in [-0.2, -0.15) is 0 Å². The smallest absolute Gasteiger partial charge is 0.333 e. The summed E-state index contributed by atoms with van der Waals surface area (Å²) in [6, 6.07) is 4.46. The molecule has 0 aliphatic carbocycles. The molecule has 170 valence electrons. The Kier molecular flexibility index (Phi) is 9.69. The number of amides is 4. The van der Waals surface area contributed by atoms with Crippen LogP contribution >= 0.6 is 0 Å². The van der Waals surface area contributed by atoms with Crippen LogP contribution in [0.2, 0.25) is 0 Å². The molecule has 0 spiro atoms. The number of phenolic OH excluding ortho intramolecular Hbond substituents is 1. The number of imide groups is 2. The number of nitrogens with zero attached hydrogens (tertiary/aromatic N) is 3. The van der Waals surface area contributed by atoms with E-state index in [0.717, 1.165) is 44.1 Å². The lowest BCUT2D eigenvalue weighted by Gasteiger charge is -2.35. The Morgan fingerprint density at radius 2 is 1.48 bits per heavy atom. The Hall–Kier alpha value is -2.70. The summed E-state index contributed by atoms with van der Waals surface area (Å²) >= 11 is 0. The molecule has 7 nitrogen and oxygen atoms in total. The molecule has 1 unspecified atom stereocenters. The number of hydrogen-bond donors (Lipinski definition) is 1. The van der Waals surface area contributed by atoms with Crippen LogP contribution < -0.4 is 0 Å². The van der Waals surface area contributed by atoms with Gasteiger partial charge in [0, 0.05) is 19.3 Å². The number of carbonyl (C=O) groups is 3. The van der Waals surface area contributed by atoms with Gasteiger partial charge in [0.2, 0.25) is 11.8 Å². The van der Waals surface area contributed by atoms with Crippen molar-refractivity contribution in [3.8, 4) is 5.75 Å². The number of carbonyl (C=O) groups excluding carboxylic acids is 3. The van der Waals surface area contributed by atoms with Gasteiger partial charge in [-0.1, -0.05) is 58.4 Å². The lowest BCUT2D eigenvalue weighted by Crippen LogP contribution is -2.60. The van der Waals surface area contributed by atoms with Gasteiger partial charge in [0.05, 0.1) is 0 Å². The van der Waals surface area contributed by atoms with Crippen LogP contribution in [0.3, 0.4) is 0 Å². The van der Waals surface area contributed by atoms with Gasteiger partial charge in [-0.3, -0.25) is 24.4 Å². The van der Waals surface area contributed by atoms with Crippen molar-refractivity contribution in [3.63, 3.8) is 0 Å². The van der Waals surface area contributed by atoms with Gasteiger partial charge in [0.25, 0.3) is 0 Å². The molecule has 1 aliphatic heterocycles. The molecule has 1 aromatic carbocycles. The second-order valence-electron chi connectivity index (χ2n) is 8.13. The largest absolute Gasteiger partial charge is 0.506 e. The molecule has 1 atom stereocenters. The number of rotatable bonds is 12. The van der Waals surface area contributed by atoms with E-state index in [-0.39, 0.29) is 18.0 Å². The highest BCUT2D eigenvalue weighted by Crippen LogP contribution is 2.27. The summed E-state index contributed by atoms with van der Waals surface area (Å²) in [4.78, 5) is 45.3. The van der Waals surface area contributed by atoms with Gasteiger partial charge < -0.3 is 5.11 Å². The average molecular weight is 430 g/mol. The zero-order valence-electron chi connectivity index (χ0n) is 19.0.